The number of aromatic nitrogens is 1. The number of carbonyl (C=O) groups is 1. The fraction of sp³-hybridized carbons (Fsp3) is 0.500. The Hall–Kier alpha value is -1.66. The molecule has 1 amide bonds. The third-order valence-corrected chi connectivity index (χ3v) is 5.20. The molecule has 0 radical (unpaired) electrons. The average molecular weight is 319 g/mol. The number of fused-ring (bicyclic) bond motifs is 1. The number of carboxylic acid groups (broad SMARTS) is 1. The molecule has 1 aromatic carbocycles. The molecular formula is C16H21N3O2S. The lowest BCUT2D eigenvalue weighted by Gasteiger charge is -2.37. The van der Waals surface area contributed by atoms with E-state index in [9.17, 15) is 4.79 Å². The van der Waals surface area contributed by atoms with Gasteiger partial charge in [0, 0.05) is 6.54 Å². The van der Waals surface area contributed by atoms with Crippen molar-refractivity contribution < 1.29 is 9.90 Å². The van der Waals surface area contributed by atoms with Crippen molar-refractivity contribution in [3.63, 3.8) is 0 Å². The van der Waals surface area contributed by atoms with Crippen molar-refractivity contribution in [2.24, 2.45) is 5.92 Å². The van der Waals surface area contributed by atoms with Crippen molar-refractivity contribution in [1.82, 2.24) is 15.2 Å². The summed E-state index contributed by atoms with van der Waals surface area (Å²) < 4.78 is 1.15. The van der Waals surface area contributed by atoms with E-state index >= 15 is 0 Å². The molecule has 5 nitrogen and oxygen atoms in total. The third-order valence-electron chi connectivity index (χ3n) is 4.18. The molecular weight excluding hydrogens is 298 g/mol. The monoisotopic (exact) mass is 319 g/mol. The summed E-state index contributed by atoms with van der Waals surface area (Å²) in [5.74, 6) is 1.48. The highest BCUT2D eigenvalue weighted by Gasteiger charge is 2.30. The molecule has 3 rings (SSSR count). The van der Waals surface area contributed by atoms with Crippen molar-refractivity contribution in [3.05, 3.63) is 28.8 Å². The molecule has 0 atom stereocenters. The van der Waals surface area contributed by atoms with Gasteiger partial charge in [0.2, 0.25) is 0 Å². The number of amides is 1. The standard InChI is InChI=1S/C16H21N3O2S/c1-19(2)9-10-5-12(6-10)11-3-4-13-14(7-11)22-15(18-13)8-17-16(20)21/h3-4,7,10,12,17H,5-6,8-9H2,1-2H3,(H,20,21). The summed E-state index contributed by atoms with van der Waals surface area (Å²) in [6.45, 7) is 1.45. The van der Waals surface area contributed by atoms with Crippen molar-refractivity contribution in [2.75, 3.05) is 20.6 Å². The van der Waals surface area contributed by atoms with Crippen molar-refractivity contribution in [1.29, 1.82) is 0 Å². The van der Waals surface area contributed by atoms with Crippen LogP contribution in [0.4, 0.5) is 4.79 Å². The lowest BCUT2D eigenvalue weighted by atomic mass is 9.71. The number of nitrogens with zero attached hydrogens (tertiary/aromatic N) is 2. The minimum atomic E-state index is -1.01. The predicted octanol–water partition coefficient (Wildman–Crippen LogP) is 3.12. The Labute approximate surface area is 134 Å². The fourth-order valence-corrected chi connectivity index (χ4v) is 4.10. The highest BCUT2D eigenvalue weighted by Crippen LogP contribution is 2.42. The fourth-order valence-electron chi connectivity index (χ4n) is 3.14. The molecule has 0 unspecified atom stereocenters. The maximum absolute atomic E-state index is 10.5. The Morgan fingerprint density at radius 1 is 1.45 bits per heavy atom. The second-order valence-electron chi connectivity index (χ2n) is 6.29. The average Bonchev–Trinajstić information content (AvgIpc) is 2.81. The van der Waals surface area contributed by atoms with E-state index < -0.39 is 6.09 Å². The normalized spacial score (nSPS) is 21.0. The highest BCUT2D eigenvalue weighted by atomic mass is 32.1. The summed E-state index contributed by atoms with van der Waals surface area (Å²) >= 11 is 1.57. The van der Waals surface area contributed by atoms with Gasteiger partial charge in [-0.1, -0.05) is 6.07 Å². The smallest absolute Gasteiger partial charge is 0.405 e. The third kappa shape index (κ3) is 3.39. The Bertz CT molecular complexity index is 677. The van der Waals surface area contributed by atoms with Gasteiger partial charge in [-0.05, 0) is 56.5 Å². The van der Waals surface area contributed by atoms with Crippen LogP contribution in [0.5, 0.6) is 0 Å². The van der Waals surface area contributed by atoms with E-state index in [1.54, 1.807) is 11.3 Å². The molecule has 0 saturated heterocycles. The summed E-state index contributed by atoms with van der Waals surface area (Å²) in [6, 6.07) is 6.46. The van der Waals surface area contributed by atoms with E-state index in [-0.39, 0.29) is 6.54 Å². The first-order valence-corrected chi connectivity index (χ1v) is 8.34. The topological polar surface area (TPSA) is 65.5 Å². The number of rotatable bonds is 5. The van der Waals surface area contributed by atoms with Crippen LogP contribution in [0.15, 0.2) is 18.2 Å². The highest BCUT2D eigenvalue weighted by molar-refractivity contribution is 7.18. The summed E-state index contributed by atoms with van der Waals surface area (Å²) in [4.78, 5) is 17.3. The molecule has 22 heavy (non-hydrogen) atoms. The molecule has 118 valence electrons. The molecule has 1 aliphatic carbocycles. The minimum Gasteiger partial charge on any atom is -0.465 e. The van der Waals surface area contributed by atoms with Gasteiger partial charge in [-0.3, -0.25) is 0 Å². The first kappa shape index (κ1) is 15.2. The Kier molecular flexibility index (Phi) is 4.31. The molecule has 1 heterocycles. The summed E-state index contributed by atoms with van der Waals surface area (Å²) in [6.07, 6.45) is 1.51. The van der Waals surface area contributed by atoms with Gasteiger partial charge in [0.1, 0.15) is 5.01 Å². The molecule has 0 spiro atoms. The maximum Gasteiger partial charge on any atom is 0.405 e. The van der Waals surface area contributed by atoms with E-state index in [0.717, 1.165) is 21.1 Å². The molecule has 0 aliphatic heterocycles. The zero-order valence-corrected chi connectivity index (χ0v) is 13.7. The zero-order valence-electron chi connectivity index (χ0n) is 12.9. The van der Waals surface area contributed by atoms with Crippen molar-refractivity contribution in [3.8, 4) is 0 Å². The molecule has 1 saturated carbocycles. The SMILES string of the molecule is CN(C)CC1CC(c2ccc3nc(CNC(=O)O)sc3c2)C1. The zero-order chi connectivity index (χ0) is 15.7. The molecule has 2 N–H and O–H groups in total. The van der Waals surface area contributed by atoms with Crippen LogP contribution >= 0.6 is 11.3 Å². The van der Waals surface area contributed by atoms with Gasteiger partial charge in [0.15, 0.2) is 0 Å². The quantitative estimate of drug-likeness (QED) is 0.888. The molecule has 1 aliphatic rings. The number of thiazole rings is 1. The molecule has 2 aromatic rings. The van der Waals surface area contributed by atoms with Crippen molar-refractivity contribution >= 4 is 27.6 Å². The van der Waals surface area contributed by atoms with Crippen LogP contribution in [0.25, 0.3) is 10.2 Å². The van der Waals surface area contributed by atoms with Crippen LogP contribution in [0.2, 0.25) is 0 Å². The van der Waals surface area contributed by atoms with Gasteiger partial charge in [-0.15, -0.1) is 11.3 Å². The van der Waals surface area contributed by atoms with Crippen LogP contribution < -0.4 is 5.32 Å². The molecule has 6 heteroatoms. The Morgan fingerprint density at radius 3 is 2.91 bits per heavy atom. The maximum atomic E-state index is 10.5. The van der Waals surface area contributed by atoms with Gasteiger partial charge >= 0.3 is 6.09 Å². The second kappa shape index (κ2) is 6.22. The van der Waals surface area contributed by atoms with Crippen molar-refractivity contribution in [2.45, 2.75) is 25.3 Å². The lowest BCUT2D eigenvalue weighted by Crippen LogP contribution is -2.31. The molecule has 0 bridgehead atoms. The van der Waals surface area contributed by atoms with E-state index in [2.05, 4.69) is 47.5 Å². The number of hydrogen-bond donors (Lipinski definition) is 2. The number of nitrogens with one attached hydrogen (secondary N) is 1. The molecule has 1 aromatic heterocycles. The molecule has 1 fully saturated rings. The summed E-state index contributed by atoms with van der Waals surface area (Å²) in [5.41, 5.74) is 2.35. The van der Waals surface area contributed by atoms with Gasteiger partial charge < -0.3 is 15.3 Å². The van der Waals surface area contributed by atoms with Crippen LogP contribution in [0.3, 0.4) is 0 Å². The predicted molar refractivity (Wildman–Crippen MR) is 88.5 cm³/mol. The Morgan fingerprint density at radius 2 is 2.23 bits per heavy atom. The first-order valence-electron chi connectivity index (χ1n) is 7.52. The summed E-state index contributed by atoms with van der Waals surface area (Å²) in [5, 5.41) is 11.8. The number of benzene rings is 1. The van der Waals surface area contributed by atoms with Crippen LogP contribution in [-0.4, -0.2) is 41.7 Å². The lowest BCUT2D eigenvalue weighted by molar-refractivity contribution is 0.194. The van der Waals surface area contributed by atoms with Gasteiger partial charge in [-0.2, -0.15) is 0 Å². The van der Waals surface area contributed by atoms with E-state index in [1.165, 1.54) is 24.9 Å². The minimum absolute atomic E-state index is 0.276. The number of hydrogen-bond acceptors (Lipinski definition) is 4. The van der Waals surface area contributed by atoms with Crippen LogP contribution in [-0.2, 0) is 6.54 Å². The summed E-state index contributed by atoms with van der Waals surface area (Å²) in [7, 11) is 4.26. The van der Waals surface area contributed by atoms with Crippen LogP contribution in [0.1, 0.15) is 29.3 Å². The van der Waals surface area contributed by atoms with Gasteiger partial charge in [0.05, 0.1) is 16.8 Å². The Balaban J connectivity index is 1.67. The van der Waals surface area contributed by atoms with Crippen LogP contribution in [0, 0.1) is 5.92 Å². The van der Waals surface area contributed by atoms with Gasteiger partial charge in [-0.25, -0.2) is 9.78 Å². The van der Waals surface area contributed by atoms with Gasteiger partial charge in [0.25, 0.3) is 0 Å². The van der Waals surface area contributed by atoms with E-state index in [4.69, 9.17) is 5.11 Å². The first-order chi connectivity index (χ1) is 10.5. The van der Waals surface area contributed by atoms with E-state index in [1.807, 2.05) is 0 Å². The second-order valence-corrected chi connectivity index (χ2v) is 7.41. The largest absolute Gasteiger partial charge is 0.465 e. The van der Waals surface area contributed by atoms with E-state index in [0.29, 0.717) is 5.92 Å².